The van der Waals surface area contributed by atoms with Gasteiger partial charge in [0.2, 0.25) is 0 Å². The number of rotatable bonds is 8. The molecule has 3 N–H and O–H groups in total. The van der Waals surface area contributed by atoms with Crippen LogP contribution in [0, 0.1) is 0 Å². The highest BCUT2D eigenvalue weighted by molar-refractivity contribution is 6.30. The lowest BCUT2D eigenvalue weighted by atomic mass is 10.0. The smallest absolute Gasteiger partial charge is 0.256 e. The Morgan fingerprint density at radius 2 is 1.78 bits per heavy atom. The number of H-pyrrole nitrogens is 1. The first-order chi connectivity index (χ1) is 18.0. The number of halogens is 1. The Kier molecular flexibility index (Phi) is 7.79. The molecule has 6 nitrogen and oxygen atoms in total. The number of piperazine rings is 1. The van der Waals surface area contributed by atoms with Crippen molar-refractivity contribution in [2.24, 2.45) is 0 Å². The number of fused-ring (bicyclic) bond motifs is 1. The maximum atomic E-state index is 13.5. The zero-order valence-electron chi connectivity index (χ0n) is 21.0. The summed E-state index contributed by atoms with van der Waals surface area (Å²) in [4.78, 5) is 21.1. The fourth-order valence-electron chi connectivity index (χ4n) is 5.08. The molecule has 0 aliphatic carbocycles. The lowest BCUT2D eigenvalue weighted by Gasteiger charge is -2.36. The third-order valence-electron chi connectivity index (χ3n) is 7.14. The lowest BCUT2D eigenvalue weighted by Crippen LogP contribution is -2.48. The minimum atomic E-state index is -0.629. The quantitative estimate of drug-likeness (QED) is 0.307. The lowest BCUT2D eigenvalue weighted by molar-refractivity contribution is 0.0748. The number of hydrogen-bond donors (Lipinski definition) is 3. The average molecular weight is 517 g/mol. The zero-order valence-corrected chi connectivity index (χ0v) is 21.8. The zero-order chi connectivity index (χ0) is 25.8. The summed E-state index contributed by atoms with van der Waals surface area (Å²) >= 11 is 6.05. The second kappa shape index (κ2) is 11.4. The van der Waals surface area contributed by atoms with Crippen LogP contribution in [0.1, 0.15) is 34.5 Å². The van der Waals surface area contributed by atoms with Crippen LogP contribution in [0.25, 0.3) is 10.9 Å². The average Bonchev–Trinajstić information content (AvgIpc) is 3.34. The molecule has 0 radical (unpaired) electrons. The van der Waals surface area contributed by atoms with Crippen molar-refractivity contribution in [1.29, 1.82) is 0 Å². The summed E-state index contributed by atoms with van der Waals surface area (Å²) in [5.74, 6) is 0.0718. The first-order valence-corrected chi connectivity index (χ1v) is 13.2. The Balaban J connectivity index is 1.21. The van der Waals surface area contributed by atoms with E-state index in [2.05, 4.69) is 40.3 Å². The van der Waals surface area contributed by atoms with Crippen LogP contribution in [0.3, 0.4) is 0 Å². The summed E-state index contributed by atoms with van der Waals surface area (Å²) < 4.78 is 0. The number of hydrogen-bond acceptors (Lipinski definition) is 4. The third kappa shape index (κ3) is 5.82. The molecule has 0 unspecified atom stereocenters. The van der Waals surface area contributed by atoms with Gasteiger partial charge in [-0.3, -0.25) is 4.79 Å². The number of benzene rings is 3. The maximum absolute atomic E-state index is 13.5. The molecule has 3 aromatic carbocycles. The highest BCUT2D eigenvalue weighted by Crippen LogP contribution is 2.25. The second-order valence-electron chi connectivity index (χ2n) is 9.74. The molecule has 1 fully saturated rings. The second-order valence-corrected chi connectivity index (χ2v) is 10.2. The SMILES string of the molecule is C[C@H](Cc1c[nH]c2c(C(=O)N3CCN(c4ccccc4)CC3)cccc12)NC[C@H](O)c1cccc(Cl)c1. The Hall–Kier alpha value is -3.32. The van der Waals surface area contributed by atoms with Crippen molar-refractivity contribution in [2.75, 3.05) is 37.6 Å². The van der Waals surface area contributed by atoms with Crippen molar-refractivity contribution in [3.63, 3.8) is 0 Å². The fourth-order valence-corrected chi connectivity index (χ4v) is 5.28. The number of amides is 1. The van der Waals surface area contributed by atoms with Gasteiger partial charge in [0.1, 0.15) is 0 Å². The van der Waals surface area contributed by atoms with E-state index < -0.39 is 6.10 Å². The van der Waals surface area contributed by atoms with Crippen molar-refractivity contribution >= 4 is 34.1 Å². The molecule has 37 heavy (non-hydrogen) atoms. The molecule has 4 aromatic rings. The minimum Gasteiger partial charge on any atom is -0.387 e. The molecule has 5 rings (SSSR count). The first-order valence-electron chi connectivity index (χ1n) is 12.8. The Bertz CT molecular complexity index is 1350. The number of para-hydroxylation sites is 2. The van der Waals surface area contributed by atoms with E-state index in [1.165, 1.54) is 5.69 Å². The van der Waals surface area contributed by atoms with Gasteiger partial charge in [-0.15, -0.1) is 0 Å². The van der Waals surface area contributed by atoms with Gasteiger partial charge in [0.25, 0.3) is 5.91 Å². The highest BCUT2D eigenvalue weighted by atomic mass is 35.5. The van der Waals surface area contributed by atoms with Crippen molar-refractivity contribution in [2.45, 2.75) is 25.5 Å². The van der Waals surface area contributed by atoms with Crippen LogP contribution in [0.5, 0.6) is 0 Å². The summed E-state index contributed by atoms with van der Waals surface area (Å²) in [6.07, 6.45) is 2.14. The van der Waals surface area contributed by atoms with Gasteiger partial charge >= 0.3 is 0 Å². The molecule has 192 valence electrons. The van der Waals surface area contributed by atoms with Gasteiger partial charge < -0.3 is 25.2 Å². The molecule has 1 aromatic heterocycles. The molecule has 2 atom stereocenters. The summed E-state index contributed by atoms with van der Waals surface area (Å²) in [6.45, 7) is 5.59. The van der Waals surface area contributed by atoms with Gasteiger partial charge in [-0.25, -0.2) is 0 Å². The van der Waals surface area contributed by atoms with E-state index in [4.69, 9.17) is 11.6 Å². The number of carbonyl (C=O) groups excluding carboxylic acids is 1. The summed E-state index contributed by atoms with van der Waals surface area (Å²) in [5.41, 5.74) is 4.75. The van der Waals surface area contributed by atoms with Crippen molar-refractivity contribution in [1.82, 2.24) is 15.2 Å². The number of aliphatic hydroxyl groups is 1. The molecule has 1 aliphatic heterocycles. The van der Waals surface area contributed by atoms with E-state index in [0.717, 1.165) is 41.5 Å². The molecule has 2 heterocycles. The van der Waals surface area contributed by atoms with Gasteiger partial charge in [-0.1, -0.05) is 54.1 Å². The molecular formula is C30H33ClN4O2. The van der Waals surface area contributed by atoms with E-state index >= 15 is 0 Å². The Labute approximate surface area is 222 Å². The van der Waals surface area contributed by atoms with Gasteiger partial charge in [0.05, 0.1) is 17.2 Å². The number of carbonyl (C=O) groups is 1. The monoisotopic (exact) mass is 516 g/mol. The minimum absolute atomic E-state index is 0.0718. The predicted octanol–water partition coefficient (Wildman–Crippen LogP) is 5.04. The van der Waals surface area contributed by atoms with Crippen molar-refractivity contribution in [3.8, 4) is 0 Å². The Morgan fingerprint density at radius 3 is 2.54 bits per heavy atom. The van der Waals surface area contributed by atoms with E-state index in [9.17, 15) is 9.90 Å². The molecule has 0 bridgehead atoms. The fraction of sp³-hybridized carbons (Fsp3) is 0.300. The first kappa shape index (κ1) is 25.3. The van der Waals surface area contributed by atoms with Crippen LogP contribution in [0.2, 0.25) is 5.02 Å². The van der Waals surface area contributed by atoms with Crippen LogP contribution >= 0.6 is 11.6 Å². The number of aromatic nitrogens is 1. The van der Waals surface area contributed by atoms with Crippen LogP contribution in [-0.4, -0.2) is 59.7 Å². The van der Waals surface area contributed by atoms with Crippen LogP contribution in [0.15, 0.2) is 79.0 Å². The van der Waals surface area contributed by atoms with Gasteiger partial charge in [-0.05, 0) is 54.8 Å². The van der Waals surface area contributed by atoms with E-state index in [1.54, 1.807) is 12.1 Å². The highest BCUT2D eigenvalue weighted by Gasteiger charge is 2.24. The van der Waals surface area contributed by atoms with Gasteiger partial charge in [0.15, 0.2) is 0 Å². The van der Waals surface area contributed by atoms with E-state index in [0.29, 0.717) is 30.2 Å². The largest absolute Gasteiger partial charge is 0.387 e. The molecule has 1 aliphatic rings. The molecule has 1 amide bonds. The number of nitrogens with one attached hydrogen (secondary N) is 2. The number of nitrogens with zero attached hydrogens (tertiary/aromatic N) is 2. The van der Waals surface area contributed by atoms with E-state index in [1.807, 2.05) is 53.6 Å². The standard InChI is InChI=1S/C30H33ClN4O2/c1-21(32-20-28(36)22-7-5-8-24(31)18-22)17-23-19-33-29-26(23)11-6-12-27(29)30(37)35-15-13-34(14-16-35)25-9-3-2-4-10-25/h2-12,18-19,21,28,32-33,36H,13-17,20H2,1H3/t21-,28+/m1/s1. The number of aromatic amines is 1. The molecule has 0 saturated carbocycles. The van der Waals surface area contributed by atoms with Crippen LogP contribution < -0.4 is 10.2 Å². The summed E-state index contributed by atoms with van der Waals surface area (Å²) in [6, 6.07) is 23.8. The summed E-state index contributed by atoms with van der Waals surface area (Å²) in [7, 11) is 0. The Morgan fingerprint density at radius 1 is 1.03 bits per heavy atom. The molecule has 7 heteroatoms. The maximum Gasteiger partial charge on any atom is 0.256 e. The van der Waals surface area contributed by atoms with Crippen LogP contribution in [-0.2, 0) is 6.42 Å². The molecule has 0 spiro atoms. The molecule has 1 saturated heterocycles. The number of anilines is 1. The normalized spacial score (nSPS) is 15.6. The van der Waals surface area contributed by atoms with E-state index in [-0.39, 0.29) is 11.9 Å². The van der Waals surface area contributed by atoms with Gasteiger partial charge in [-0.2, -0.15) is 0 Å². The number of aliphatic hydroxyl groups excluding tert-OH is 1. The van der Waals surface area contributed by atoms with Gasteiger partial charge in [0, 0.05) is 61.1 Å². The van der Waals surface area contributed by atoms with Crippen LogP contribution in [0.4, 0.5) is 5.69 Å². The topological polar surface area (TPSA) is 71.6 Å². The third-order valence-corrected chi connectivity index (χ3v) is 7.37. The van der Waals surface area contributed by atoms with Crippen molar-refractivity contribution < 1.29 is 9.90 Å². The molecular weight excluding hydrogens is 484 g/mol. The summed E-state index contributed by atoms with van der Waals surface area (Å²) in [5, 5.41) is 15.6. The van der Waals surface area contributed by atoms with Crippen molar-refractivity contribution in [3.05, 3.63) is 101 Å². The predicted molar refractivity (Wildman–Crippen MR) is 150 cm³/mol.